The summed E-state index contributed by atoms with van der Waals surface area (Å²) in [6.07, 6.45) is 33.5. The maximum absolute atomic E-state index is 10.1. The van der Waals surface area contributed by atoms with Gasteiger partial charge in [0, 0.05) is 17.9 Å². The van der Waals surface area contributed by atoms with Crippen LogP contribution in [0.5, 0.6) is 0 Å². The first-order chi connectivity index (χ1) is 21.7. The van der Waals surface area contributed by atoms with Gasteiger partial charge in [0.25, 0.3) is 0 Å². The fourth-order valence-corrected chi connectivity index (χ4v) is 4.74. The van der Waals surface area contributed by atoms with Crippen molar-refractivity contribution in [2.75, 3.05) is 0 Å². The van der Waals surface area contributed by atoms with Crippen molar-refractivity contribution in [2.24, 2.45) is 0 Å². The SMILES string of the molecule is CCCCCCCCCCCC(=O)[O-].CCCCCCCCCCCC(=O)[O-].CCCCCCCCCCCC(=O)[O-].C[CH2][Sn+3]. The van der Waals surface area contributed by atoms with E-state index in [4.69, 9.17) is 0 Å². The normalized spacial score (nSPS) is 10.1. The van der Waals surface area contributed by atoms with Gasteiger partial charge in [0.2, 0.25) is 0 Å². The average Bonchev–Trinajstić information content (AvgIpc) is 2.99. The van der Waals surface area contributed by atoms with Crippen LogP contribution < -0.4 is 15.3 Å². The first-order valence-electron chi connectivity index (χ1n) is 19.0. The molecule has 0 aromatic heterocycles. The van der Waals surface area contributed by atoms with Crippen molar-refractivity contribution in [3.8, 4) is 0 Å². The summed E-state index contributed by atoms with van der Waals surface area (Å²) in [6.45, 7) is 8.83. The number of carboxylic acids is 3. The Kier molecular flexibility index (Phi) is 56.8. The number of hydrogen-bond donors (Lipinski definition) is 0. The molecule has 0 aromatic carbocycles. The van der Waals surface area contributed by atoms with E-state index in [9.17, 15) is 29.7 Å². The molecule has 0 saturated heterocycles. The fourth-order valence-electron chi connectivity index (χ4n) is 4.74. The van der Waals surface area contributed by atoms with Crippen LogP contribution in [-0.4, -0.2) is 40.4 Å². The predicted molar refractivity (Wildman–Crippen MR) is 187 cm³/mol. The van der Waals surface area contributed by atoms with Crippen molar-refractivity contribution < 1.29 is 29.7 Å². The van der Waals surface area contributed by atoms with Gasteiger partial charge in [-0.3, -0.25) is 0 Å². The summed E-state index contributed by atoms with van der Waals surface area (Å²) < 4.78 is 1.34. The van der Waals surface area contributed by atoms with Gasteiger partial charge in [-0.05, 0) is 38.5 Å². The van der Waals surface area contributed by atoms with E-state index < -0.39 is 17.9 Å². The van der Waals surface area contributed by atoms with Gasteiger partial charge in [-0.15, -0.1) is 0 Å². The van der Waals surface area contributed by atoms with Gasteiger partial charge >= 0.3 is 33.9 Å². The van der Waals surface area contributed by atoms with Gasteiger partial charge in [0.1, 0.15) is 0 Å². The van der Waals surface area contributed by atoms with Gasteiger partial charge in [-0.2, -0.15) is 0 Å². The molecule has 0 bridgehead atoms. The third-order valence-electron chi connectivity index (χ3n) is 7.45. The number of carboxylic acid groups (broad SMARTS) is 3. The predicted octanol–water partition coefficient (Wildman–Crippen LogP) is 8.56. The third kappa shape index (κ3) is 70.7. The molecule has 0 aliphatic carbocycles. The molecular weight excluding hydrogens is 671 g/mol. The maximum atomic E-state index is 10.1. The van der Waals surface area contributed by atoms with Crippen molar-refractivity contribution in [3.63, 3.8) is 0 Å². The van der Waals surface area contributed by atoms with E-state index in [1.807, 2.05) is 0 Å². The van der Waals surface area contributed by atoms with Crippen molar-refractivity contribution in [1.82, 2.24) is 0 Å². The van der Waals surface area contributed by atoms with Crippen LogP contribution >= 0.6 is 0 Å². The zero-order chi connectivity index (χ0) is 34.7. The van der Waals surface area contributed by atoms with E-state index in [1.54, 1.807) is 22.5 Å². The molecule has 0 fully saturated rings. The van der Waals surface area contributed by atoms with Gasteiger partial charge in [0.05, 0.1) is 0 Å². The summed E-state index contributed by atoms with van der Waals surface area (Å²) >= 11 is 1.64. The van der Waals surface area contributed by atoms with Gasteiger partial charge in [-0.25, -0.2) is 0 Å². The van der Waals surface area contributed by atoms with Crippen molar-refractivity contribution >= 4 is 40.4 Å². The topological polar surface area (TPSA) is 120 Å². The molecular formula is C38H74O6Sn. The number of rotatable bonds is 30. The van der Waals surface area contributed by atoms with Crippen LogP contribution in [0.15, 0.2) is 0 Å². The van der Waals surface area contributed by atoms with Gasteiger partial charge in [0.15, 0.2) is 0 Å². The Morgan fingerprint density at radius 1 is 0.333 bits per heavy atom. The third-order valence-corrected chi connectivity index (χ3v) is 7.45. The number of hydrogen-bond acceptors (Lipinski definition) is 6. The summed E-state index contributed by atoms with van der Waals surface area (Å²) in [4.78, 5) is 30.3. The Bertz CT molecular complexity index is 494. The molecule has 0 rings (SSSR count). The Balaban J connectivity index is -0.000000268. The molecule has 266 valence electrons. The molecule has 0 amide bonds. The average molecular weight is 746 g/mol. The zero-order valence-electron chi connectivity index (χ0n) is 30.4. The quantitative estimate of drug-likeness (QED) is 0.0537. The number of unbranched alkanes of at least 4 members (excludes halogenated alkanes) is 24. The van der Waals surface area contributed by atoms with Crippen molar-refractivity contribution in [2.45, 2.75) is 225 Å². The van der Waals surface area contributed by atoms with E-state index in [0.717, 1.165) is 38.5 Å². The molecule has 0 saturated carbocycles. The molecule has 7 heteroatoms. The monoisotopic (exact) mass is 746 g/mol. The number of carbonyl (C=O) groups excluding carboxylic acids is 3. The summed E-state index contributed by atoms with van der Waals surface area (Å²) in [5, 5.41) is 30.3. The molecule has 0 aliphatic heterocycles. The first-order valence-corrected chi connectivity index (χ1v) is 21.0. The summed E-state index contributed by atoms with van der Waals surface area (Å²) in [5.41, 5.74) is 0. The molecule has 0 radical (unpaired) electrons. The van der Waals surface area contributed by atoms with Crippen LogP contribution in [0.25, 0.3) is 0 Å². The molecule has 45 heavy (non-hydrogen) atoms. The standard InChI is InChI=1S/3C12H24O2.C2H5.Sn/c3*1-2-3-4-5-6-7-8-9-10-11-12(13)14;1-2;/h3*2-11H2,1H3,(H,13,14);1H2,2H3;/q;;;;+3/p-3. The second-order valence-corrected chi connectivity index (χ2v) is 14.2. The number of carbonyl (C=O) groups is 3. The molecule has 0 N–H and O–H groups in total. The zero-order valence-corrected chi connectivity index (χ0v) is 33.2. The molecule has 6 nitrogen and oxygen atoms in total. The first kappa shape index (κ1) is 51.1. The summed E-state index contributed by atoms with van der Waals surface area (Å²) in [6, 6.07) is 0. The number of aliphatic carboxylic acids is 3. The molecule has 0 aromatic rings. The fraction of sp³-hybridized carbons (Fsp3) is 0.921. The molecule has 0 atom stereocenters. The molecule has 0 heterocycles. The van der Waals surface area contributed by atoms with Crippen LogP contribution in [-0.2, 0) is 14.4 Å². The van der Waals surface area contributed by atoms with Crippen LogP contribution in [0.3, 0.4) is 0 Å². The minimum absolute atomic E-state index is 0.232. The van der Waals surface area contributed by atoms with E-state index >= 15 is 0 Å². The van der Waals surface area contributed by atoms with E-state index in [0.29, 0.717) is 0 Å². The molecule has 0 unspecified atom stereocenters. The summed E-state index contributed by atoms with van der Waals surface area (Å²) in [5.74, 6) is -2.73. The molecule has 0 aliphatic rings. The Morgan fingerprint density at radius 2 is 0.467 bits per heavy atom. The minimum atomic E-state index is -0.909. The van der Waals surface area contributed by atoms with Gasteiger partial charge < -0.3 is 29.7 Å². The Hall–Kier alpha value is -0.791. The van der Waals surface area contributed by atoms with Crippen LogP contribution in [0.1, 0.15) is 220 Å². The van der Waals surface area contributed by atoms with E-state index in [1.165, 1.54) is 139 Å². The summed E-state index contributed by atoms with van der Waals surface area (Å²) in [7, 11) is 0. The van der Waals surface area contributed by atoms with Crippen LogP contribution in [0, 0.1) is 0 Å². The second kappa shape index (κ2) is 50.1. The van der Waals surface area contributed by atoms with Crippen LogP contribution in [0.4, 0.5) is 0 Å². The molecule has 0 spiro atoms. The van der Waals surface area contributed by atoms with E-state index in [-0.39, 0.29) is 19.3 Å². The van der Waals surface area contributed by atoms with Crippen molar-refractivity contribution in [3.05, 3.63) is 0 Å². The Morgan fingerprint density at radius 3 is 0.600 bits per heavy atom. The second-order valence-electron chi connectivity index (χ2n) is 12.2. The Labute approximate surface area is 293 Å². The van der Waals surface area contributed by atoms with Crippen molar-refractivity contribution in [1.29, 1.82) is 0 Å². The van der Waals surface area contributed by atoms with Crippen LogP contribution in [0.2, 0.25) is 4.44 Å². The van der Waals surface area contributed by atoms with Gasteiger partial charge in [-0.1, -0.05) is 175 Å². The van der Waals surface area contributed by atoms with E-state index in [2.05, 4.69) is 27.7 Å².